The lowest BCUT2D eigenvalue weighted by Crippen LogP contribution is -2.38. The second-order valence-corrected chi connectivity index (χ2v) is 6.27. The van der Waals surface area contributed by atoms with Crippen molar-refractivity contribution in [3.8, 4) is 0 Å². The SMILES string of the molecule is OC[C@H]1O[C@@H](On2c(Br)nc3cc(Cl)c(Cl)cc32)[C@H](O)[C@@H]1O. The van der Waals surface area contributed by atoms with Crippen molar-refractivity contribution in [1.29, 1.82) is 0 Å². The maximum Gasteiger partial charge on any atom is 0.254 e. The number of hydrogen-bond acceptors (Lipinski definition) is 6. The Morgan fingerprint density at radius 2 is 1.95 bits per heavy atom. The first-order valence-corrected chi connectivity index (χ1v) is 7.80. The Morgan fingerprint density at radius 3 is 2.59 bits per heavy atom. The Morgan fingerprint density at radius 1 is 1.27 bits per heavy atom. The molecule has 10 heteroatoms. The zero-order chi connectivity index (χ0) is 16.0. The summed E-state index contributed by atoms with van der Waals surface area (Å²) in [7, 11) is 0. The third-order valence-corrected chi connectivity index (χ3v) is 4.55. The van der Waals surface area contributed by atoms with Crippen LogP contribution in [0.4, 0.5) is 0 Å². The maximum absolute atomic E-state index is 9.91. The van der Waals surface area contributed by atoms with Crippen molar-refractivity contribution >= 4 is 50.2 Å². The number of halogens is 3. The number of imidazole rings is 1. The molecular weight excluding hydrogens is 403 g/mol. The molecule has 1 fully saturated rings. The molecule has 4 atom stereocenters. The Balaban J connectivity index is 1.94. The lowest BCUT2D eigenvalue weighted by Gasteiger charge is -2.17. The van der Waals surface area contributed by atoms with Crippen LogP contribution >= 0.6 is 39.1 Å². The largest absolute Gasteiger partial charge is 0.394 e. The van der Waals surface area contributed by atoms with Gasteiger partial charge in [-0.05, 0) is 28.1 Å². The Hall–Kier alpha value is -0.610. The molecule has 0 radical (unpaired) electrons. The summed E-state index contributed by atoms with van der Waals surface area (Å²) in [5, 5.41) is 29.4. The van der Waals surface area contributed by atoms with Crippen LogP contribution < -0.4 is 4.84 Å². The lowest BCUT2D eigenvalue weighted by atomic mass is 10.1. The molecule has 1 saturated heterocycles. The van der Waals surface area contributed by atoms with Crippen LogP contribution in [0.15, 0.2) is 16.9 Å². The number of fused-ring (bicyclic) bond motifs is 1. The van der Waals surface area contributed by atoms with Gasteiger partial charge in [0.05, 0.1) is 22.2 Å². The van der Waals surface area contributed by atoms with Gasteiger partial charge in [0.25, 0.3) is 6.29 Å². The zero-order valence-electron chi connectivity index (χ0n) is 10.9. The fourth-order valence-electron chi connectivity index (χ4n) is 2.18. The van der Waals surface area contributed by atoms with Crippen LogP contribution in [-0.2, 0) is 4.74 Å². The van der Waals surface area contributed by atoms with Crippen molar-refractivity contribution in [3.05, 3.63) is 26.9 Å². The van der Waals surface area contributed by atoms with Crippen molar-refractivity contribution in [2.75, 3.05) is 6.61 Å². The minimum Gasteiger partial charge on any atom is -0.394 e. The summed E-state index contributed by atoms with van der Waals surface area (Å²) in [4.78, 5) is 9.73. The van der Waals surface area contributed by atoms with Gasteiger partial charge in [0.1, 0.15) is 23.8 Å². The molecule has 3 rings (SSSR count). The highest BCUT2D eigenvalue weighted by atomic mass is 79.9. The van der Waals surface area contributed by atoms with Crippen molar-refractivity contribution < 1.29 is 24.9 Å². The third-order valence-electron chi connectivity index (χ3n) is 3.32. The van der Waals surface area contributed by atoms with Crippen molar-refractivity contribution in [2.24, 2.45) is 0 Å². The fourth-order valence-corrected chi connectivity index (χ4v) is 2.96. The van der Waals surface area contributed by atoms with Gasteiger partial charge < -0.3 is 24.9 Å². The standard InChI is InChI=1S/C12H11BrCl2N2O5/c13-12-16-6-1-4(14)5(15)2-7(6)17(12)22-11-10(20)9(19)8(3-18)21-11/h1-2,8-11,18-20H,3H2/t8-,9-,10-,11+/m1/s1. The predicted octanol–water partition coefficient (Wildman–Crippen LogP) is 0.973. The van der Waals surface area contributed by atoms with E-state index in [2.05, 4.69) is 20.9 Å². The van der Waals surface area contributed by atoms with Crippen LogP contribution in [0.5, 0.6) is 0 Å². The first-order valence-electron chi connectivity index (χ1n) is 6.25. The van der Waals surface area contributed by atoms with Crippen LogP contribution in [-0.4, -0.2) is 56.2 Å². The molecule has 1 aromatic carbocycles. The van der Waals surface area contributed by atoms with E-state index in [-0.39, 0.29) is 0 Å². The summed E-state index contributed by atoms with van der Waals surface area (Å²) in [6.45, 7) is -0.439. The number of aromatic nitrogens is 2. The van der Waals surface area contributed by atoms with Gasteiger partial charge in [0.2, 0.25) is 4.73 Å². The van der Waals surface area contributed by atoms with E-state index in [0.29, 0.717) is 25.8 Å². The van der Waals surface area contributed by atoms with Crippen LogP contribution in [0.25, 0.3) is 11.0 Å². The Kier molecular flexibility index (Phi) is 4.52. The van der Waals surface area contributed by atoms with E-state index in [1.165, 1.54) is 4.73 Å². The van der Waals surface area contributed by atoms with Gasteiger partial charge >= 0.3 is 0 Å². The molecule has 0 amide bonds. The third kappa shape index (κ3) is 2.69. The molecule has 0 unspecified atom stereocenters. The first-order chi connectivity index (χ1) is 10.4. The number of rotatable bonds is 3. The van der Waals surface area contributed by atoms with Gasteiger partial charge in [-0.25, -0.2) is 4.98 Å². The smallest absolute Gasteiger partial charge is 0.254 e. The molecule has 120 valence electrons. The van der Waals surface area contributed by atoms with Gasteiger partial charge in [-0.15, -0.1) is 0 Å². The molecule has 7 nitrogen and oxygen atoms in total. The summed E-state index contributed by atoms with van der Waals surface area (Å²) >= 11 is 15.1. The van der Waals surface area contributed by atoms with E-state index in [1.807, 2.05) is 0 Å². The molecule has 1 aliphatic rings. The van der Waals surface area contributed by atoms with E-state index in [9.17, 15) is 10.2 Å². The second-order valence-electron chi connectivity index (χ2n) is 4.74. The van der Waals surface area contributed by atoms with Crippen LogP contribution in [0.3, 0.4) is 0 Å². The Bertz CT molecular complexity index is 712. The molecule has 0 aliphatic carbocycles. The topological polar surface area (TPSA) is 97.0 Å². The summed E-state index contributed by atoms with van der Waals surface area (Å²) < 4.78 is 6.83. The van der Waals surface area contributed by atoms with E-state index >= 15 is 0 Å². The summed E-state index contributed by atoms with van der Waals surface area (Å²) in [6.07, 6.45) is -4.66. The molecule has 3 N–H and O–H groups in total. The van der Waals surface area contributed by atoms with E-state index in [1.54, 1.807) is 12.1 Å². The summed E-state index contributed by atoms with van der Waals surface area (Å²) in [5.74, 6) is 0. The van der Waals surface area contributed by atoms with Crippen LogP contribution in [0.1, 0.15) is 0 Å². The highest BCUT2D eigenvalue weighted by Crippen LogP contribution is 2.30. The minimum absolute atomic E-state index is 0.304. The quantitative estimate of drug-likeness (QED) is 0.693. The number of aliphatic hydroxyl groups excluding tert-OH is 3. The lowest BCUT2D eigenvalue weighted by molar-refractivity contribution is -0.170. The molecule has 1 aliphatic heterocycles. The fraction of sp³-hybridized carbons (Fsp3) is 0.417. The molecular formula is C12H11BrCl2N2O5. The minimum atomic E-state index is -1.32. The molecule has 22 heavy (non-hydrogen) atoms. The molecule has 0 bridgehead atoms. The average Bonchev–Trinajstić information content (AvgIpc) is 2.92. The zero-order valence-corrected chi connectivity index (χ0v) is 14.0. The molecule has 0 spiro atoms. The highest BCUT2D eigenvalue weighted by molar-refractivity contribution is 9.10. The monoisotopic (exact) mass is 412 g/mol. The van der Waals surface area contributed by atoms with Gasteiger partial charge in [-0.2, -0.15) is 4.73 Å². The number of benzene rings is 1. The number of hydrogen-bond donors (Lipinski definition) is 3. The number of nitrogens with zero attached hydrogens (tertiary/aromatic N) is 2. The van der Waals surface area contributed by atoms with Gasteiger partial charge in [-0.3, -0.25) is 0 Å². The van der Waals surface area contributed by atoms with Gasteiger partial charge in [0, 0.05) is 0 Å². The maximum atomic E-state index is 9.91. The van der Waals surface area contributed by atoms with Gasteiger partial charge in [0.15, 0.2) is 0 Å². The normalized spacial score (nSPS) is 28.5. The van der Waals surface area contributed by atoms with Crippen molar-refractivity contribution in [1.82, 2.24) is 9.71 Å². The number of ether oxygens (including phenoxy) is 1. The summed E-state index contributed by atoms with van der Waals surface area (Å²) in [6, 6.07) is 3.12. The molecule has 0 saturated carbocycles. The van der Waals surface area contributed by atoms with Crippen LogP contribution in [0, 0.1) is 0 Å². The molecule has 1 aromatic heterocycles. The van der Waals surface area contributed by atoms with E-state index in [0.717, 1.165) is 0 Å². The number of aliphatic hydroxyl groups is 3. The van der Waals surface area contributed by atoms with E-state index < -0.39 is 31.2 Å². The van der Waals surface area contributed by atoms with E-state index in [4.69, 9.17) is 37.9 Å². The summed E-state index contributed by atoms with van der Waals surface area (Å²) in [5.41, 5.74) is 1.02. The van der Waals surface area contributed by atoms with Crippen molar-refractivity contribution in [3.63, 3.8) is 0 Å². The van der Waals surface area contributed by atoms with Crippen molar-refractivity contribution in [2.45, 2.75) is 24.6 Å². The van der Waals surface area contributed by atoms with Crippen LogP contribution in [0.2, 0.25) is 10.0 Å². The first kappa shape index (κ1) is 16.3. The molecule has 2 heterocycles. The highest BCUT2D eigenvalue weighted by Gasteiger charge is 2.44. The average molecular weight is 414 g/mol. The predicted molar refractivity (Wildman–Crippen MR) is 81.8 cm³/mol. The second kappa shape index (κ2) is 6.12. The molecule has 2 aromatic rings. The van der Waals surface area contributed by atoms with Gasteiger partial charge in [-0.1, -0.05) is 23.2 Å². The Labute approximate surface area is 143 Å².